The predicted octanol–water partition coefficient (Wildman–Crippen LogP) is 2.84. The van der Waals surface area contributed by atoms with Crippen molar-refractivity contribution in [2.45, 2.75) is 51.3 Å². The summed E-state index contributed by atoms with van der Waals surface area (Å²) in [6.45, 7) is 3.79. The SMILES string of the molecule is CCCc1cc(N(C(O)Cc2ccc(C(=O)OC)cc2)C2CCNCC2)nc2sc(C(N)=O)c(N)c12. The first-order valence-electron chi connectivity index (χ1n) is 12.2. The second-order valence-electron chi connectivity index (χ2n) is 9.04. The van der Waals surface area contributed by atoms with E-state index in [0.29, 0.717) is 33.2 Å². The molecule has 1 atom stereocenters. The zero-order chi connectivity index (χ0) is 25.8. The fourth-order valence-electron chi connectivity index (χ4n) is 4.84. The molecule has 0 bridgehead atoms. The van der Waals surface area contributed by atoms with Gasteiger partial charge in [0.05, 0.1) is 18.4 Å². The number of nitrogens with one attached hydrogen (secondary N) is 1. The Morgan fingerprint density at radius 1 is 1.28 bits per heavy atom. The van der Waals surface area contributed by atoms with Gasteiger partial charge in [-0.2, -0.15) is 0 Å². The number of amides is 1. The van der Waals surface area contributed by atoms with Crippen molar-refractivity contribution in [1.29, 1.82) is 0 Å². The van der Waals surface area contributed by atoms with E-state index in [1.807, 2.05) is 23.1 Å². The van der Waals surface area contributed by atoms with Crippen LogP contribution in [-0.2, 0) is 17.6 Å². The minimum atomic E-state index is -0.843. The molecule has 2 aromatic heterocycles. The number of benzene rings is 1. The summed E-state index contributed by atoms with van der Waals surface area (Å²) in [5.41, 5.74) is 14.6. The molecule has 0 aliphatic carbocycles. The number of aliphatic hydroxyl groups excluding tert-OH is 1. The molecule has 1 unspecified atom stereocenters. The number of nitrogens with two attached hydrogens (primary N) is 2. The number of aryl methyl sites for hydroxylation is 1. The lowest BCUT2D eigenvalue weighted by atomic mass is 10.0. The van der Waals surface area contributed by atoms with E-state index in [-0.39, 0.29) is 6.04 Å². The maximum Gasteiger partial charge on any atom is 0.337 e. The third-order valence-electron chi connectivity index (χ3n) is 6.59. The van der Waals surface area contributed by atoms with E-state index >= 15 is 0 Å². The van der Waals surface area contributed by atoms with Gasteiger partial charge in [0.1, 0.15) is 21.8 Å². The Morgan fingerprint density at radius 3 is 2.58 bits per heavy atom. The lowest BCUT2D eigenvalue weighted by Gasteiger charge is -2.39. The summed E-state index contributed by atoms with van der Waals surface area (Å²) in [6, 6.07) is 9.13. The van der Waals surface area contributed by atoms with Crippen LogP contribution in [0.25, 0.3) is 10.2 Å². The van der Waals surface area contributed by atoms with Gasteiger partial charge in [0, 0.05) is 17.8 Å². The van der Waals surface area contributed by atoms with Crippen LogP contribution in [0.1, 0.15) is 57.3 Å². The number of piperidine rings is 1. The zero-order valence-corrected chi connectivity index (χ0v) is 21.4. The average Bonchev–Trinajstić information content (AvgIpc) is 3.22. The molecular weight excluding hydrogens is 478 g/mol. The van der Waals surface area contributed by atoms with Gasteiger partial charge in [-0.25, -0.2) is 9.78 Å². The number of methoxy groups -OCH3 is 1. The number of pyridine rings is 1. The molecular formula is C26H33N5O4S. The number of anilines is 2. The number of aliphatic hydroxyl groups is 1. The van der Waals surface area contributed by atoms with Gasteiger partial charge in [0.2, 0.25) is 0 Å². The number of esters is 1. The van der Waals surface area contributed by atoms with Crippen molar-refractivity contribution in [2.75, 3.05) is 30.8 Å². The number of nitrogen functional groups attached to an aromatic ring is 1. The van der Waals surface area contributed by atoms with Crippen molar-refractivity contribution in [3.05, 3.63) is 51.9 Å². The molecule has 1 amide bonds. The second-order valence-corrected chi connectivity index (χ2v) is 10.0. The number of carbonyl (C=O) groups excluding carboxylic acids is 2. The summed E-state index contributed by atoms with van der Waals surface area (Å²) in [4.78, 5) is 31.6. The number of thiophene rings is 1. The predicted molar refractivity (Wildman–Crippen MR) is 142 cm³/mol. The van der Waals surface area contributed by atoms with Crippen LogP contribution in [0.4, 0.5) is 11.5 Å². The molecule has 0 saturated carbocycles. The van der Waals surface area contributed by atoms with Gasteiger partial charge in [0.15, 0.2) is 0 Å². The van der Waals surface area contributed by atoms with E-state index in [1.165, 1.54) is 18.4 Å². The Balaban J connectivity index is 1.73. The minimum absolute atomic E-state index is 0.0861. The van der Waals surface area contributed by atoms with E-state index in [4.69, 9.17) is 21.2 Å². The van der Waals surface area contributed by atoms with Crippen LogP contribution in [0.5, 0.6) is 0 Å². The molecule has 36 heavy (non-hydrogen) atoms. The molecule has 1 aromatic carbocycles. The number of nitrogens with zero attached hydrogens (tertiary/aromatic N) is 2. The van der Waals surface area contributed by atoms with Crippen LogP contribution in [-0.4, -0.2) is 54.4 Å². The summed E-state index contributed by atoms with van der Waals surface area (Å²) in [6.07, 6.45) is 2.89. The third kappa shape index (κ3) is 5.30. The Bertz CT molecular complexity index is 1240. The molecule has 0 radical (unpaired) electrons. The van der Waals surface area contributed by atoms with Gasteiger partial charge >= 0.3 is 5.97 Å². The zero-order valence-electron chi connectivity index (χ0n) is 20.6. The molecule has 4 rings (SSSR count). The first-order valence-corrected chi connectivity index (χ1v) is 13.0. The van der Waals surface area contributed by atoms with Crippen LogP contribution < -0.4 is 21.7 Å². The van der Waals surface area contributed by atoms with Gasteiger partial charge in [-0.3, -0.25) is 4.79 Å². The van der Waals surface area contributed by atoms with Crippen molar-refractivity contribution < 1.29 is 19.4 Å². The highest BCUT2D eigenvalue weighted by atomic mass is 32.1. The third-order valence-corrected chi connectivity index (χ3v) is 7.71. The van der Waals surface area contributed by atoms with E-state index < -0.39 is 18.1 Å². The largest absolute Gasteiger partial charge is 0.465 e. The molecule has 3 heterocycles. The van der Waals surface area contributed by atoms with E-state index in [9.17, 15) is 14.7 Å². The molecule has 1 fully saturated rings. The normalized spacial score (nSPS) is 15.1. The van der Waals surface area contributed by atoms with E-state index in [1.54, 1.807) is 12.1 Å². The van der Waals surface area contributed by atoms with Crippen molar-refractivity contribution >= 4 is 44.9 Å². The smallest absolute Gasteiger partial charge is 0.337 e. The van der Waals surface area contributed by atoms with Crippen molar-refractivity contribution in [3.8, 4) is 0 Å². The minimum Gasteiger partial charge on any atom is -0.465 e. The maximum absolute atomic E-state index is 12.0. The van der Waals surface area contributed by atoms with Gasteiger partial charge in [0.25, 0.3) is 5.91 Å². The summed E-state index contributed by atoms with van der Waals surface area (Å²) < 4.78 is 4.78. The van der Waals surface area contributed by atoms with E-state index in [0.717, 1.165) is 55.3 Å². The summed E-state index contributed by atoms with van der Waals surface area (Å²) in [7, 11) is 1.35. The lowest BCUT2D eigenvalue weighted by molar-refractivity contribution is 0.0600. The van der Waals surface area contributed by atoms with Gasteiger partial charge in [-0.05, 0) is 61.7 Å². The fourth-order valence-corrected chi connectivity index (χ4v) is 5.83. The number of fused-ring (bicyclic) bond motifs is 1. The maximum atomic E-state index is 12.0. The average molecular weight is 512 g/mol. The Labute approximate surface area is 214 Å². The molecule has 1 aliphatic rings. The molecule has 10 heteroatoms. The highest BCUT2D eigenvalue weighted by Crippen LogP contribution is 2.38. The number of ether oxygens (including phenoxy) is 1. The lowest BCUT2D eigenvalue weighted by Crippen LogP contribution is -2.49. The highest BCUT2D eigenvalue weighted by molar-refractivity contribution is 7.21. The Morgan fingerprint density at radius 2 is 1.97 bits per heavy atom. The molecule has 9 nitrogen and oxygen atoms in total. The molecule has 192 valence electrons. The molecule has 1 saturated heterocycles. The summed E-state index contributed by atoms with van der Waals surface area (Å²) >= 11 is 1.20. The van der Waals surface area contributed by atoms with Gasteiger partial charge < -0.3 is 31.5 Å². The molecule has 0 spiro atoms. The van der Waals surface area contributed by atoms with Gasteiger partial charge in [-0.15, -0.1) is 11.3 Å². The number of hydrogen-bond donors (Lipinski definition) is 4. The van der Waals surface area contributed by atoms with Crippen LogP contribution in [0.3, 0.4) is 0 Å². The first kappa shape index (κ1) is 25.9. The van der Waals surface area contributed by atoms with Crippen molar-refractivity contribution in [2.24, 2.45) is 5.73 Å². The Kier molecular flexibility index (Phi) is 8.07. The van der Waals surface area contributed by atoms with Crippen LogP contribution in [0.15, 0.2) is 30.3 Å². The fraction of sp³-hybridized carbons (Fsp3) is 0.423. The highest BCUT2D eigenvalue weighted by Gasteiger charge is 2.30. The number of primary amides is 1. The standard InChI is InChI=1S/C26H33N5O4S/c1-3-4-17-14-19(30-25-21(17)22(27)23(36-25)24(28)33)31(18-9-11-29-12-10-18)20(32)13-15-5-7-16(8-6-15)26(34)35-2/h5-8,14,18,20,29,32H,3-4,9-13,27H2,1-2H3,(H2,28,33). The summed E-state index contributed by atoms with van der Waals surface area (Å²) in [5.74, 6) is -0.302. The second kappa shape index (κ2) is 11.2. The van der Waals surface area contributed by atoms with Crippen molar-refractivity contribution in [1.82, 2.24) is 10.3 Å². The molecule has 1 aliphatic heterocycles. The molecule has 3 aromatic rings. The van der Waals surface area contributed by atoms with Crippen LogP contribution >= 0.6 is 11.3 Å². The molecule has 6 N–H and O–H groups in total. The van der Waals surface area contributed by atoms with Gasteiger partial charge in [-0.1, -0.05) is 25.5 Å². The number of aromatic nitrogens is 1. The number of hydrogen-bond acceptors (Lipinski definition) is 9. The van der Waals surface area contributed by atoms with Crippen LogP contribution in [0.2, 0.25) is 0 Å². The number of carbonyl (C=O) groups is 2. The quantitative estimate of drug-likeness (QED) is 0.254. The Hall–Kier alpha value is -3.21. The topological polar surface area (TPSA) is 144 Å². The van der Waals surface area contributed by atoms with Crippen molar-refractivity contribution in [3.63, 3.8) is 0 Å². The van der Waals surface area contributed by atoms with E-state index in [2.05, 4.69) is 12.2 Å². The summed E-state index contributed by atoms with van der Waals surface area (Å²) in [5, 5.41) is 15.7. The monoisotopic (exact) mass is 511 g/mol. The number of rotatable bonds is 9. The first-order chi connectivity index (χ1) is 17.3. The van der Waals surface area contributed by atoms with Crippen LogP contribution in [0, 0.1) is 0 Å².